The number of amides is 1. The summed E-state index contributed by atoms with van der Waals surface area (Å²) in [6, 6.07) is 6.46. The van der Waals surface area contributed by atoms with Gasteiger partial charge in [-0.25, -0.2) is 4.39 Å². The summed E-state index contributed by atoms with van der Waals surface area (Å²) in [6.45, 7) is 0.280. The van der Waals surface area contributed by atoms with Gasteiger partial charge in [-0.3, -0.25) is 4.79 Å². The molecule has 0 aliphatic heterocycles. The van der Waals surface area contributed by atoms with E-state index in [1.165, 1.54) is 6.07 Å². The van der Waals surface area contributed by atoms with Gasteiger partial charge < -0.3 is 10.4 Å². The Labute approximate surface area is 111 Å². The lowest BCUT2D eigenvalue weighted by Crippen LogP contribution is -2.50. The lowest BCUT2D eigenvalue weighted by atomic mass is 9.80. The Hall–Kier alpha value is -1.42. The molecule has 0 bridgehead atoms. The largest absolute Gasteiger partial charge is 0.388 e. The van der Waals surface area contributed by atoms with Crippen molar-refractivity contribution in [3.63, 3.8) is 0 Å². The van der Waals surface area contributed by atoms with Crippen molar-refractivity contribution in [3.05, 3.63) is 35.6 Å². The molecule has 2 N–H and O–H groups in total. The quantitative estimate of drug-likeness (QED) is 0.871. The fourth-order valence-corrected chi connectivity index (χ4v) is 2.77. The third kappa shape index (κ3) is 2.14. The van der Waals surface area contributed by atoms with Crippen LogP contribution in [0.3, 0.4) is 0 Å². The molecule has 4 heteroatoms. The molecule has 19 heavy (non-hydrogen) atoms. The van der Waals surface area contributed by atoms with Gasteiger partial charge in [0.15, 0.2) is 0 Å². The van der Waals surface area contributed by atoms with Crippen LogP contribution in [0.5, 0.6) is 0 Å². The molecule has 2 aliphatic carbocycles. The highest BCUT2D eigenvalue weighted by Gasteiger charge is 2.53. The predicted octanol–water partition coefficient (Wildman–Crippen LogP) is 1.89. The van der Waals surface area contributed by atoms with Crippen molar-refractivity contribution in [2.75, 3.05) is 6.54 Å². The number of nitrogens with one attached hydrogen (secondary N) is 1. The van der Waals surface area contributed by atoms with E-state index in [0.717, 1.165) is 19.3 Å². The number of carbonyl (C=O) groups is 1. The fraction of sp³-hybridized carbons (Fsp3) is 0.533. The molecule has 1 aromatic carbocycles. The lowest BCUT2D eigenvalue weighted by molar-refractivity contribution is -0.126. The van der Waals surface area contributed by atoms with Crippen LogP contribution in [0.15, 0.2) is 24.3 Å². The Morgan fingerprint density at radius 1 is 1.26 bits per heavy atom. The lowest BCUT2D eigenvalue weighted by Gasteiger charge is -2.37. The molecule has 1 aromatic rings. The van der Waals surface area contributed by atoms with Crippen LogP contribution >= 0.6 is 0 Å². The van der Waals surface area contributed by atoms with Crippen LogP contribution < -0.4 is 5.32 Å². The summed E-state index contributed by atoms with van der Waals surface area (Å²) in [4.78, 5) is 12.3. The van der Waals surface area contributed by atoms with Crippen molar-refractivity contribution in [3.8, 4) is 0 Å². The molecule has 1 amide bonds. The first-order valence-electron chi connectivity index (χ1n) is 6.82. The Kier molecular flexibility index (Phi) is 2.86. The summed E-state index contributed by atoms with van der Waals surface area (Å²) in [6.07, 6.45) is 3.83. The van der Waals surface area contributed by atoms with E-state index in [2.05, 4.69) is 5.32 Å². The van der Waals surface area contributed by atoms with Crippen molar-refractivity contribution in [2.24, 2.45) is 0 Å². The number of halogens is 1. The number of hydrogen-bond donors (Lipinski definition) is 2. The van der Waals surface area contributed by atoms with E-state index in [1.54, 1.807) is 18.2 Å². The monoisotopic (exact) mass is 263 g/mol. The van der Waals surface area contributed by atoms with Gasteiger partial charge in [0.05, 0.1) is 11.0 Å². The summed E-state index contributed by atoms with van der Waals surface area (Å²) >= 11 is 0. The van der Waals surface area contributed by atoms with Crippen LogP contribution in [0.1, 0.15) is 37.7 Å². The molecule has 3 rings (SSSR count). The minimum absolute atomic E-state index is 0.155. The maximum atomic E-state index is 13.8. The molecule has 0 unspecified atom stereocenters. The number of benzene rings is 1. The maximum Gasteiger partial charge on any atom is 0.230 e. The van der Waals surface area contributed by atoms with Gasteiger partial charge in [-0.1, -0.05) is 18.2 Å². The summed E-state index contributed by atoms with van der Waals surface area (Å²) < 4.78 is 13.8. The topological polar surface area (TPSA) is 49.3 Å². The SMILES string of the molecule is O=C(NCC1(O)CCC1)C1(c2ccccc2F)CC1. The fourth-order valence-electron chi connectivity index (χ4n) is 2.77. The number of hydrogen-bond acceptors (Lipinski definition) is 2. The second-order valence-electron chi connectivity index (χ2n) is 5.82. The standard InChI is InChI=1S/C15H18FNO2/c16-12-5-2-1-4-11(12)15(8-9-15)13(18)17-10-14(19)6-3-7-14/h1-2,4-5,19H,3,6-10H2,(H,17,18). The minimum atomic E-state index is -0.735. The van der Waals surface area contributed by atoms with Crippen LogP contribution in [0.25, 0.3) is 0 Å². The highest BCUT2D eigenvalue weighted by Crippen LogP contribution is 2.49. The first-order chi connectivity index (χ1) is 9.06. The van der Waals surface area contributed by atoms with E-state index in [1.807, 2.05) is 0 Å². The van der Waals surface area contributed by atoms with Gasteiger partial charge in [-0.15, -0.1) is 0 Å². The molecule has 0 heterocycles. The summed E-state index contributed by atoms with van der Waals surface area (Å²) in [5, 5.41) is 12.8. The normalized spacial score (nSPS) is 22.4. The zero-order chi connectivity index (χ0) is 13.5. The van der Waals surface area contributed by atoms with Crippen molar-refractivity contribution in [1.29, 1.82) is 0 Å². The average molecular weight is 263 g/mol. The molecule has 0 radical (unpaired) electrons. The van der Waals surface area contributed by atoms with Crippen molar-refractivity contribution >= 4 is 5.91 Å². The first-order valence-corrected chi connectivity index (χ1v) is 6.82. The number of rotatable bonds is 4. The highest BCUT2D eigenvalue weighted by atomic mass is 19.1. The van der Waals surface area contributed by atoms with Crippen molar-refractivity contribution in [2.45, 2.75) is 43.1 Å². The van der Waals surface area contributed by atoms with Gasteiger partial charge in [0.1, 0.15) is 5.82 Å². The Bertz CT molecular complexity index is 507. The van der Waals surface area contributed by atoms with Crippen LogP contribution in [-0.4, -0.2) is 23.2 Å². The number of carbonyl (C=O) groups excluding carboxylic acids is 1. The van der Waals surface area contributed by atoms with Crippen LogP contribution in [0.2, 0.25) is 0 Å². The van der Waals surface area contributed by atoms with Gasteiger partial charge >= 0.3 is 0 Å². The van der Waals surface area contributed by atoms with Gasteiger partial charge in [0, 0.05) is 12.1 Å². The first kappa shape index (κ1) is 12.6. The zero-order valence-corrected chi connectivity index (χ0v) is 10.8. The molecule has 102 valence electrons. The Balaban J connectivity index is 1.71. The maximum absolute atomic E-state index is 13.8. The Morgan fingerprint density at radius 2 is 1.95 bits per heavy atom. The molecule has 0 atom stereocenters. The molecular weight excluding hydrogens is 245 g/mol. The van der Waals surface area contributed by atoms with E-state index < -0.39 is 11.0 Å². The highest BCUT2D eigenvalue weighted by molar-refractivity contribution is 5.91. The Morgan fingerprint density at radius 3 is 2.47 bits per heavy atom. The number of aliphatic hydroxyl groups is 1. The molecular formula is C15H18FNO2. The van der Waals surface area contributed by atoms with Crippen LogP contribution in [0, 0.1) is 5.82 Å². The van der Waals surface area contributed by atoms with Crippen molar-refractivity contribution < 1.29 is 14.3 Å². The summed E-state index contributed by atoms with van der Waals surface area (Å²) in [7, 11) is 0. The summed E-state index contributed by atoms with van der Waals surface area (Å²) in [5.41, 5.74) is -0.958. The van der Waals surface area contributed by atoms with E-state index >= 15 is 0 Å². The van der Waals surface area contributed by atoms with E-state index in [9.17, 15) is 14.3 Å². The molecule has 2 saturated carbocycles. The van der Waals surface area contributed by atoms with Gasteiger partial charge in [0.25, 0.3) is 0 Å². The van der Waals surface area contributed by atoms with Gasteiger partial charge in [-0.05, 0) is 38.2 Å². The zero-order valence-electron chi connectivity index (χ0n) is 10.8. The van der Waals surface area contributed by atoms with E-state index in [0.29, 0.717) is 18.4 Å². The average Bonchev–Trinajstić information content (AvgIpc) is 3.15. The van der Waals surface area contributed by atoms with E-state index in [4.69, 9.17) is 0 Å². The second-order valence-corrected chi connectivity index (χ2v) is 5.82. The van der Waals surface area contributed by atoms with Crippen molar-refractivity contribution in [1.82, 2.24) is 5.32 Å². The van der Waals surface area contributed by atoms with E-state index in [-0.39, 0.29) is 18.3 Å². The minimum Gasteiger partial charge on any atom is -0.388 e. The van der Waals surface area contributed by atoms with Crippen LogP contribution in [0.4, 0.5) is 4.39 Å². The van der Waals surface area contributed by atoms with Gasteiger partial charge in [-0.2, -0.15) is 0 Å². The molecule has 2 fully saturated rings. The predicted molar refractivity (Wildman–Crippen MR) is 69.1 cm³/mol. The molecule has 0 spiro atoms. The smallest absolute Gasteiger partial charge is 0.230 e. The van der Waals surface area contributed by atoms with Crippen LogP contribution in [-0.2, 0) is 10.2 Å². The molecule has 3 nitrogen and oxygen atoms in total. The third-order valence-corrected chi connectivity index (χ3v) is 4.44. The third-order valence-electron chi connectivity index (χ3n) is 4.44. The molecule has 0 saturated heterocycles. The summed E-state index contributed by atoms with van der Waals surface area (Å²) in [5.74, 6) is -0.476. The second kappa shape index (κ2) is 4.30. The van der Waals surface area contributed by atoms with Gasteiger partial charge in [0.2, 0.25) is 5.91 Å². The molecule has 0 aromatic heterocycles. The molecule has 2 aliphatic rings.